The maximum atomic E-state index is 12.9. The smallest absolute Gasteiger partial charge is 0.243 e. The van der Waals surface area contributed by atoms with E-state index < -0.39 is 10.0 Å². The summed E-state index contributed by atoms with van der Waals surface area (Å²) in [7, 11) is -3.59. The van der Waals surface area contributed by atoms with Crippen LogP contribution in [0.4, 0.5) is 0 Å². The third-order valence-electron chi connectivity index (χ3n) is 5.16. The number of rotatable bonds is 6. The van der Waals surface area contributed by atoms with Crippen LogP contribution in [0, 0.1) is 5.92 Å². The predicted octanol–water partition coefficient (Wildman–Crippen LogP) is 3.77. The first-order chi connectivity index (χ1) is 13.4. The SMILES string of the molecule is CC(CNC(=O)C1CCCN(S(=O)(=O)c2ccc(Br)cc2)C1)c1ccccc1. The molecule has 3 rings (SSSR count). The van der Waals surface area contributed by atoms with Crippen molar-refractivity contribution in [2.75, 3.05) is 19.6 Å². The van der Waals surface area contributed by atoms with Crippen molar-refractivity contribution in [1.29, 1.82) is 0 Å². The fourth-order valence-electron chi connectivity index (χ4n) is 3.43. The molecule has 1 aliphatic heterocycles. The molecule has 7 heteroatoms. The lowest BCUT2D eigenvalue weighted by Crippen LogP contribution is -2.45. The number of halogens is 1. The Balaban J connectivity index is 1.61. The largest absolute Gasteiger partial charge is 0.355 e. The van der Waals surface area contributed by atoms with Crippen molar-refractivity contribution < 1.29 is 13.2 Å². The van der Waals surface area contributed by atoms with Crippen LogP contribution in [-0.2, 0) is 14.8 Å². The van der Waals surface area contributed by atoms with Crippen LogP contribution in [0.5, 0.6) is 0 Å². The van der Waals surface area contributed by atoms with E-state index in [2.05, 4.69) is 28.2 Å². The molecule has 150 valence electrons. The number of piperidine rings is 1. The van der Waals surface area contributed by atoms with Crippen molar-refractivity contribution in [1.82, 2.24) is 9.62 Å². The second-order valence-electron chi connectivity index (χ2n) is 7.21. The summed E-state index contributed by atoms with van der Waals surface area (Å²) < 4.78 is 28.1. The summed E-state index contributed by atoms with van der Waals surface area (Å²) in [4.78, 5) is 12.9. The molecule has 1 saturated heterocycles. The van der Waals surface area contributed by atoms with Gasteiger partial charge in [0, 0.05) is 24.1 Å². The number of carbonyl (C=O) groups is 1. The molecule has 1 amide bonds. The van der Waals surface area contributed by atoms with Crippen molar-refractivity contribution in [3.63, 3.8) is 0 Å². The number of benzene rings is 2. The van der Waals surface area contributed by atoms with Crippen LogP contribution in [0.1, 0.15) is 31.2 Å². The van der Waals surface area contributed by atoms with E-state index in [1.54, 1.807) is 24.3 Å². The summed E-state index contributed by atoms with van der Waals surface area (Å²) in [6.07, 6.45) is 1.39. The summed E-state index contributed by atoms with van der Waals surface area (Å²) in [6.45, 7) is 3.28. The summed E-state index contributed by atoms with van der Waals surface area (Å²) in [6, 6.07) is 16.6. The fraction of sp³-hybridized carbons (Fsp3) is 0.381. The van der Waals surface area contributed by atoms with E-state index in [4.69, 9.17) is 0 Å². The van der Waals surface area contributed by atoms with Crippen molar-refractivity contribution >= 4 is 31.9 Å². The Labute approximate surface area is 175 Å². The lowest BCUT2D eigenvalue weighted by molar-refractivity contribution is -0.126. The normalized spacial score (nSPS) is 19.1. The molecule has 1 fully saturated rings. The average molecular weight is 465 g/mol. The quantitative estimate of drug-likeness (QED) is 0.707. The van der Waals surface area contributed by atoms with Gasteiger partial charge in [-0.1, -0.05) is 53.2 Å². The van der Waals surface area contributed by atoms with Gasteiger partial charge in [-0.15, -0.1) is 0 Å². The molecule has 0 aromatic heterocycles. The van der Waals surface area contributed by atoms with Gasteiger partial charge in [-0.2, -0.15) is 4.31 Å². The molecule has 0 bridgehead atoms. The Hall–Kier alpha value is -1.70. The van der Waals surface area contributed by atoms with E-state index in [-0.39, 0.29) is 29.2 Å². The van der Waals surface area contributed by atoms with Gasteiger partial charge in [0.15, 0.2) is 0 Å². The fourth-order valence-corrected chi connectivity index (χ4v) is 5.22. The first-order valence-electron chi connectivity index (χ1n) is 9.46. The lowest BCUT2D eigenvalue weighted by atomic mass is 9.97. The number of nitrogens with zero attached hydrogens (tertiary/aromatic N) is 1. The Bertz CT molecular complexity index is 901. The van der Waals surface area contributed by atoms with Gasteiger partial charge in [-0.3, -0.25) is 4.79 Å². The number of hydrogen-bond donors (Lipinski definition) is 1. The van der Waals surface area contributed by atoms with Crippen molar-refractivity contribution in [2.24, 2.45) is 5.92 Å². The standard InChI is InChI=1S/C21H25BrN2O3S/c1-16(17-6-3-2-4-7-17)14-23-21(25)18-8-5-13-24(15-18)28(26,27)20-11-9-19(22)10-12-20/h2-4,6-7,9-12,16,18H,5,8,13-15H2,1H3,(H,23,25). The number of carbonyl (C=O) groups excluding carboxylic acids is 1. The van der Waals surface area contributed by atoms with Gasteiger partial charge in [-0.05, 0) is 48.6 Å². The molecule has 1 N–H and O–H groups in total. The first kappa shape index (κ1) is 21.0. The van der Waals surface area contributed by atoms with Gasteiger partial charge in [0.2, 0.25) is 15.9 Å². The van der Waals surface area contributed by atoms with Gasteiger partial charge < -0.3 is 5.32 Å². The van der Waals surface area contributed by atoms with Crippen LogP contribution in [0.25, 0.3) is 0 Å². The summed E-state index contributed by atoms with van der Waals surface area (Å²) in [5.74, 6) is -0.184. The molecule has 0 aliphatic carbocycles. The second-order valence-corrected chi connectivity index (χ2v) is 10.1. The van der Waals surface area contributed by atoms with Gasteiger partial charge in [-0.25, -0.2) is 8.42 Å². The molecule has 28 heavy (non-hydrogen) atoms. The average Bonchev–Trinajstić information content (AvgIpc) is 2.72. The zero-order valence-electron chi connectivity index (χ0n) is 15.8. The molecule has 2 aromatic carbocycles. The third-order valence-corrected chi connectivity index (χ3v) is 7.57. The van der Waals surface area contributed by atoms with Gasteiger partial charge in [0.05, 0.1) is 10.8 Å². The summed E-state index contributed by atoms with van der Waals surface area (Å²) in [5.41, 5.74) is 1.17. The highest BCUT2D eigenvalue weighted by atomic mass is 79.9. The van der Waals surface area contributed by atoms with Crippen LogP contribution in [0.2, 0.25) is 0 Å². The van der Waals surface area contributed by atoms with E-state index >= 15 is 0 Å². The maximum absolute atomic E-state index is 12.9. The first-order valence-corrected chi connectivity index (χ1v) is 11.7. The van der Waals surface area contributed by atoms with Crippen LogP contribution in [0.15, 0.2) is 64.0 Å². The van der Waals surface area contributed by atoms with Gasteiger partial charge >= 0.3 is 0 Å². The predicted molar refractivity (Wildman–Crippen MR) is 113 cm³/mol. The van der Waals surface area contributed by atoms with Gasteiger partial charge in [0.1, 0.15) is 0 Å². The molecule has 1 heterocycles. The van der Waals surface area contributed by atoms with Gasteiger partial charge in [0.25, 0.3) is 0 Å². The molecular weight excluding hydrogens is 440 g/mol. The highest BCUT2D eigenvalue weighted by molar-refractivity contribution is 9.10. The highest BCUT2D eigenvalue weighted by Crippen LogP contribution is 2.25. The molecule has 0 radical (unpaired) electrons. The maximum Gasteiger partial charge on any atom is 0.243 e. The van der Waals surface area contributed by atoms with Crippen LogP contribution in [0.3, 0.4) is 0 Å². The molecular formula is C21H25BrN2O3S. The molecule has 2 aromatic rings. The highest BCUT2D eigenvalue weighted by Gasteiger charge is 2.33. The lowest BCUT2D eigenvalue weighted by Gasteiger charge is -2.31. The Morgan fingerprint density at radius 3 is 2.54 bits per heavy atom. The summed E-state index contributed by atoms with van der Waals surface area (Å²) >= 11 is 3.32. The van der Waals surface area contributed by atoms with Crippen LogP contribution in [-0.4, -0.2) is 38.3 Å². The second kappa shape index (κ2) is 9.20. The van der Waals surface area contributed by atoms with E-state index in [1.165, 1.54) is 9.87 Å². The number of nitrogens with one attached hydrogen (secondary N) is 1. The Morgan fingerprint density at radius 2 is 1.86 bits per heavy atom. The van der Waals surface area contributed by atoms with E-state index in [0.29, 0.717) is 25.9 Å². The minimum Gasteiger partial charge on any atom is -0.355 e. The molecule has 0 saturated carbocycles. The molecule has 2 unspecified atom stereocenters. The van der Waals surface area contributed by atoms with E-state index in [1.807, 2.05) is 30.3 Å². The Kier molecular flexibility index (Phi) is 6.91. The van der Waals surface area contributed by atoms with Crippen molar-refractivity contribution in [2.45, 2.75) is 30.6 Å². The van der Waals surface area contributed by atoms with Crippen LogP contribution < -0.4 is 5.32 Å². The number of sulfonamides is 1. The van der Waals surface area contributed by atoms with E-state index in [9.17, 15) is 13.2 Å². The van der Waals surface area contributed by atoms with Crippen molar-refractivity contribution in [3.8, 4) is 0 Å². The topological polar surface area (TPSA) is 66.5 Å². The number of amides is 1. The number of hydrogen-bond acceptors (Lipinski definition) is 3. The Morgan fingerprint density at radius 1 is 1.18 bits per heavy atom. The molecule has 2 atom stereocenters. The zero-order valence-corrected chi connectivity index (χ0v) is 18.2. The monoisotopic (exact) mass is 464 g/mol. The van der Waals surface area contributed by atoms with Crippen LogP contribution >= 0.6 is 15.9 Å². The van der Waals surface area contributed by atoms with E-state index in [0.717, 1.165) is 4.47 Å². The molecule has 5 nitrogen and oxygen atoms in total. The summed E-state index contributed by atoms with van der Waals surface area (Å²) in [5, 5.41) is 3.00. The minimum atomic E-state index is -3.59. The molecule has 0 spiro atoms. The molecule has 1 aliphatic rings. The van der Waals surface area contributed by atoms with Crippen molar-refractivity contribution in [3.05, 3.63) is 64.6 Å². The minimum absolute atomic E-state index is 0.0708. The third kappa shape index (κ3) is 5.01. The zero-order chi connectivity index (χ0) is 20.1.